The molecule has 0 aliphatic carbocycles. The summed E-state index contributed by atoms with van der Waals surface area (Å²) in [5.74, 6) is -49.8. The quantitative estimate of drug-likeness (QED) is 0.268. The first-order chi connectivity index (χ1) is 12.6. The molecule has 0 unspecified atom stereocenters. The summed E-state index contributed by atoms with van der Waals surface area (Å²) in [4.78, 5) is 0. The van der Waals surface area contributed by atoms with Crippen molar-refractivity contribution < 1.29 is 83.4 Å². The topological polar surface area (TPSA) is 0 Å². The summed E-state index contributed by atoms with van der Waals surface area (Å²) in [6, 6.07) is 0. The number of hydrogen-bond acceptors (Lipinski definition) is 0. The van der Waals surface area contributed by atoms with Crippen molar-refractivity contribution >= 4 is 0 Å². The third-order valence-electron chi connectivity index (χ3n) is 3.47. The van der Waals surface area contributed by atoms with Gasteiger partial charge in [0.05, 0.1) is 0 Å². The van der Waals surface area contributed by atoms with Gasteiger partial charge in [-0.3, -0.25) is 0 Å². The Morgan fingerprint density at radius 3 is 0.833 bits per heavy atom. The number of hydrogen-bond donors (Lipinski definition) is 0. The molecular weight excluding hydrogens is 493 g/mol. The zero-order valence-corrected chi connectivity index (χ0v) is 13.0. The Hall–Kier alpha value is -1.59. The number of halogens is 19. The standard InChI is InChI=1S/C11H3F19/c1-2-3(12,13)5(15,16)7(19,20)9(23,24)8(21,22)6(17,18)4(14,10(25,26)27)11(28,29)30/h2H,1H2. The molecule has 0 saturated carbocycles. The first-order valence-corrected chi connectivity index (χ1v) is 6.29. The molecule has 0 fully saturated rings. The van der Waals surface area contributed by atoms with Gasteiger partial charge in [0.2, 0.25) is 0 Å². The smallest absolute Gasteiger partial charge is 0.216 e. The molecule has 0 heterocycles. The van der Waals surface area contributed by atoms with Crippen molar-refractivity contribution in [3.8, 4) is 0 Å². The Morgan fingerprint density at radius 1 is 0.367 bits per heavy atom. The highest BCUT2D eigenvalue weighted by Crippen LogP contribution is 2.66. The van der Waals surface area contributed by atoms with Gasteiger partial charge in [-0.1, -0.05) is 6.58 Å². The summed E-state index contributed by atoms with van der Waals surface area (Å²) in [5.41, 5.74) is -8.72. The van der Waals surface area contributed by atoms with Crippen LogP contribution in [0.3, 0.4) is 0 Å². The zero-order valence-electron chi connectivity index (χ0n) is 13.0. The van der Waals surface area contributed by atoms with E-state index in [1.54, 1.807) is 6.58 Å². The van der Waals surface area contributed by atoms with Crippen LogP contribution in [0.25, 0.3) is 0 Å². The van der Waals surface area contributed by atoms with Crippen LogP contribution in [-0.2, 0) is 0 Å². The van der Waals surface area contributed by atoms with Crippen LogP contribution < -0.4 is 0 Å². The maximum absolute atomic E-state index is 13.2. The minimum Gasteiger partial charge on any atom is -0.216 e. The highest BCUT2D eigenvalue weighted by atomic mass is 19.4. The summed E-state index contributed by atoms with van der Waals surface area (Å²) >= 11 is 0. The second-order valence-corrected chi connectivity index (χ2v) is 5.35. The summed E-state index contributed by atoms with van der Waals surface area (Å²) in [5, 5.41) is 0. The van der Waals surface area contributed by atoms with Crippen molar-refractivity contribution in [3.05, 3.63) is 12.7 Å². The van der Waals surface area contributed by atoms with Crippen molar-refractivity contribution in [2.24, 2.45) is 0 Å². The lowest BCUT2D eigenvalue weighted by atomic mass is 9.83. The van der Waals surface area contributed by atoms with Crippen molar-refractivity contribution in [1.82, 2.24) is 0 Å². The summed E-state index contributed by atoms with van der Waals surface area (Å²) in [7, 11) is 0. The largest absolute Gasteiger partial charge is 0.438 e. The van der Waals surface area contributed by atoms with Gasteiger partial charge in [0, 0.05) is 0 Å². The van der Waals surface area contributed by atoms with Gasteiger partial charge in [0.1, 0.15) is 0 Å². The van der Waals surface area contributed by atoms with Gasteiger partial charge >= 0.3 is 53.6 Å². The van der Waals surface area contributed by atoms with E-state index in [1.165, 1.54) is 0 Å². The predicted molar refractivity (Wildman–Crippen MR) is 55.8 cm³/mol. The fraction of sp³-hybridized carbons (Fsp3) is 0.818. The Bertz CT molecular complexity index is 632. The van der Waals surface area contributed by atoms with E-state index in [2.05, 4.69) is 0 Å². The Kier molecular flexibility index (Phi) is 6.35. The molecule has 30 heavy (non-hydrogen) atoms. The minimum atomic E-state index is -8.98. The lowest BCUT2D eigenvalue weighted by Crippen LogP contribution is -2.77. The molecule has 0 rings (SSSR count). The molecule has 0 bridgehead atoms. The summed E-state index contributed by atoms with van der Waals surface area (Å²) in [6.45, 7) is 1.71. The highest BCUT2D eigenvalue weighted by Gasteiger charge is 2.98. The van der Waals surface area contributed by atoms with Crippen molar-refractivity contribution in [2.75, 3.05) is 0 Å². The fourth-order valence-corrected chi connectivity index (χ4v) is 1.66. The van der Waals surface area contributed by atoms with Gasteiger partial charge in [0.25, 0.3) is 0 Å². The first kappa shape index (κ1) is 28.4. The molecule has 0 N–H and O–H groups in total. The third kappa shape index (κ3) is 3.16. The lowest BCUT2D eigenvalue weighted by molar-refractivity contribution is -0.470. The molecule has 19 heteroatoms. The molecule has 0 aromatic rings. The lowest BCUT2D eigenvalue weighted by Gasteiger charge is -2.44. The van der Waals surface area contributed by atoms with Gasteiger partial charge in [-0.25, -0.2) is 4.39 Å². The van der Waals surface area contributed by atoms with Gasteiger partial charge in [0.15, 0.2) is 0 Å². The van der Waals surface area contributed by atoms with Crippen molar-refractivity contribution in [3.63, 3.8) is 0 Å². The highest BCUT2D eigenvalue weighted by molar-refractivity contribution is 5.20. The Labute approximate surface area is 151 Å². The second kappa shape index (κ2) is 6.70. The van der Waals surface area contributed by atoms with Crippen LogP contribution in [0.1, 0.15) is 0 Å². The van der Waals surface area contributed by atoms with Crippen LogP contribution >= 0.6 is 0 Å². The molecule has 0 aliphatic heterocycles. The normalized spacial score (nSPS) is 16.6. The molecule has 0 saturated heterocycles. The van der Waals surface area contributed by atoms with Gasteiger partial charge in [-0.15, -0.1) is 0 Å². The molecular formula is C11H3F19. The molecule has 0 amide bonds. The van der Waals surface area contributed by atoms with E-state index >= 15 is 0 Å². The van der Waals surface area contributed by atoms with Crippen LogP contribution in [0.2, 0.25) is 0 Å². The Balaban J connectivity index is 7.10. The molecule has 0 aromatic carbocycles. The number of allylic oxidation sites excluding steroid dienone is 1. The predicted octanol–water partition coefficient (Wildman–Crippen LogP) is 6.82. The van der Waals surface area contributed by atoms with E-state index in [1.807, 2.05) is 0 Å². The molecule has 0 aliphatic rings. The minimum absolute atomic E-state index is 1.60. The third-order valence-corrected chi connectivity index (χ3v) is 3.47. The molecule has 0 atom stereocenters. The Morgan fingerprint density at radius 2 is 0.600 bits per heavy atom. The van der Waals surface area contributed by atoms with Crippen LogP contribution in [0.5, 0.6) is 0 Å². The van der Waals surface area contributed by atoms with Gasteiger partial charge in [-0.05, 0) is 6.08 Å². The number of alkyl halides is 19. The van der Waals surface area contributed by atoms with E-state index < -0.39 is 59.6 Å². The number of rotatable bonds is 7. The van der Waals surface area contributed by atoms with Gasteiger partial charge < -0.3 is 0 Å². The molecule has 0 aromatic heterocycles. The SMILES string of the molecule is C=CC(F)(F)C(F)(F)C(F)(F)C(F)(F)C(F)(F)C(F)(F)C(F)(C(F)(F)F)C(F)(F)F. The molecule has 0 radical (unpaired) electrons. The maximum atomic E-state index is 13.2. The van der Waals surface area contributed by atoms with Crippen molar-refractivity contribution in [1.29, 1.82) is 0 Å². The maximum Gasteiger partial charge on any atom is 0.438 e. The monoisotopic (exact) mass is 496 g/mol. The van der Waals surface area contributed by atoms with Crippen LogP contribution in [0.4, 0.5) is 83.4 Å². The summed E-state index contributed by atoms with van der Waals surface area (Å²) < 4.78 is 243. The molecule has 180 valence electrons. The van der Waals surface area contributed by atoms with E-state index in [4.69, 9.17) is 0 Å². The zero-order chi connectivity index (χ0) is 25.2. The van der Waals surface area contributed by atoms with Crippen LogP contribution in [-0.4, -0.2) is 53.6 Å². The van der Waals surface area contributed by atoms with E-state index in [9.17, 15) is 83.4 Å². The van der Waals surface area contributed by atoms with E-state index in [0.717, 1.165) is 0 Å². The van der Waals surface area contributed by atoms with Crippen LogP contribution in [0, 0.1) is 0 Å². The average molecular weight is 496 g/mol. The van der Waals surface area contributed by atoms with Gasteiger partial charge in [-0.2, -0.15) is 79.0 Å². The van der Waals surface area contributed by atoms with E-state index in [0.29, 0.717) is 0 Å². The second-order valence-electron chi connectivity index (χ2n) is 5.35. The van der Waals surface area contributed by atoms with E-state index in [-0.39, 0.29) is 0 Å². The fourth-order valence-electron chi connectivity index (χ4n) is 1.66. The molecule has 0 spiro atoms. The molecule has 0 nitrogen and oxygen atoms in total. The first-order valence-electron chi connectivity index (χ1n) is 6.29. The summed E-state index contributed by atoms with van der Waals surface area (Å²) in [6.07, 6.45) is -18.1. The average Bonchev–Trinajstić information content (AvgIpc) is 2.50. The van der Waals surface area contributed by atoms with Crippen molar-refractivity contribution in [2.45, 2.75) is 53.6 Å². The van der Waals surface area contributed by atoms with Crippen LogP contribution in [0.15, 0.2) is 12.7 Å².